The van der Waals surface area contributed by atoms with E-state index < -0.39 is 0 Å². The van der Waals surface area contributed by atoms with E-state index in [9.17, 15) is 4.79 Å². The van der Waals surface area contributed by atoms with E-state index in [0.29, 0.717) is 31.7 Å². The summed E-state index contributed by atoms with van der Waals surface area (Å²) >= 11 is 0. The largest absolute Gasteiger partial charge is 0.493 e. The van der Waals surface area contributed by atoms with E-state index in [1.807, 2.05) is 30.3 Å². The fourth-order valence-electron chi connectivity index (χ4n) is 2.50. The number of rotatable bonds is 6. The van der Waals surface area contributed by atoms with Crippen molar-refractivity contribution in [2.45, 2.75) is 44.7 Å². The molecule has 2 atom stereocenters. The van der Waals surface area contributed by atoms with Gasteiger partial charge in [-0.3, -0.25) is 4.79 Å². The molecule has 4 heteroatoms. The zero-order chi connectivity index (χ0) is 14.2. The zero-order valence-corrected chi connectivity index (χ0v) is 12.1. The molecule has 20 heavy (non-hydrogen) atoms. The molecule has 2 rings (SSSR count). The Bertz CT molecular complexity index is 408. The van der Waals surface area contributed by atoms with Gasteiger partial charge >= 0.3 is 0 Å². The molecule has 2 unspecified atom stereocenters. The summed E-state index contributed by atoms with van der Waals surface area (Å²) < 4.78 is 5.51. The third-order valence-corrected chi connectivity index (χ3v) is 3.60. The van der Waals surface area contributed by atoms with Crippen molar-refractivity contribution in [3.05, 3.63) is 30.3 Å². The van der Waals surface area contributed by atoms with Crippen molar-refractivity contribution in [1.29, 1.82) is 0 Å². The maximum atomic E-state index is 11.7. The second-order valence-corrected chi connectivity index (χ2v) is 5.41. The minimum Gasteiger partial charge on any atom is -0.493 e. The van der Waals surface area contributed by atoms with Crippen molar-refractivity contribution in [2.24, 2.45) is 0 Å². The van der Waals surface area contributed by atoms with Crippen LogP contribution in [0.4, 0.5) is 0 Å². The van der Waals surface area contributed by atoms with Gasteiger partial charge in [-0.05, 0) is 31.9 Å². The summed E-state index contributed by atoms with van der Waals surface area (Å²) in [7, 11) is 0. The Balaban J connectivity index is 1.58. The molecule has 1 amide bonds. The molecule has 1 aliphatic rings. The Morgan fingerprint density at radius 3 is 2.90 bits per heavy atom. The third kappa shape index (κ3) is 5.21. The smallest absolute Gasteiger partial charge is 0.223 e. The van der Waals surface area contributed by atoms with Gasteiger partial charge in [0, 0.05) is 18.6 Å². The molecule has 110 valence electrons. The standard InChI is InChI=1S/C16H24N2O2/c1-13-6-5-7-14(18-13)12-17-16(19)10-11-20-15-8-3-2-4-9-15/h2-4,8-9,13-14,18H,5-7,10-12H2,1H3,(H,17,19). The average Bonchev–Trinajstić information content (AvgIpc) is 2.46. The monoisotopic (exact) mass is 276 g/mol. The second kappa shape index (κ2) is 7.90. The predicted octanol–water partition coefficient (Wildman–Crippen LogP) is 2.10. The fraction of sp³-hybridized carbons (Fsp3) is 0.562. The van der Waals surface area contributed by atoms with Gasteiger partial charge in [-0.1, -0.05) is 24.6 Å². The second-order valence-electron chi connectivity index (χ2n) is 5.41. The first-order chi connectivity index (χ1) is 9.74. The van der Waals surface area contributed by atoms with Gasteiger partial charge in [-0.15, -0.1) is 0 Å². The van der Waals surface area contributed by atoms with Crippen LogP contribution in [-0.2, 0) is 4.79 Å². The van der Waals surface area contributed by atoms with Crippen molar-refractivity contribution < 1.29 is 9.53 Å². The van der Waals surface area contributed by atoms with Crippen LogP contribution in [0.3, 0.4) is 0 Å². The molecule has 0 radical (unpaired) electrons. The average molecular weight is 276 g/mol. The molecular formula is C16H24N2O2. The first-order valence-corrected chi connectivity index (χ1v) is 7.44. The minimum atomic E-state index is 0.0564. The molecule has 0 saturated carbocycles. The number of benzene rings is 1. The first-order valence-electron chi connectivity index (χ1n) is 7.44. The van der Waals surface area contributed by atoms with Crippen molar-refractivity contribution in [3.63, 3.8) is 0 Å². The maximum absolute atomic E-state index is 11.7. The zero-order valence-electron chi connectivity index (χ0n) is 12.1. The third-order valence-electron chi connectivity index (χ3n) is 3.60. The Labute approximate surface area is 120 Å². The lowest BCUT2D eigenvalue weighted by atomic mass is 10.00. The summed E-state index contributed by atoms with van der Waals surface area (Å²) in [6.45, 7) is 3.33. The Hall–Kier alpha value is -1.55. The van der Waals surface area contributed by atoms with E-state index in [0.717, 1.165) is 12.2 Å². The number of amides is 1. The van der Waals surface area contributed by atoms with Crippen LogP contribution >= 0.6 is 0 Å². The van der Waals surface area contributed by atoms with E-state index in [1.54, 1.807) is 0 Å². The van der Waals surface area contributed by atoms with Crippen molar-refractivity contribution in [1.82, 2.24) is 10.6 Å². The fourth-order valence-corrected chi connectivity index (χ4v) is 2.50. The highest BCUT2D eigenvalue weighted by molar-refractivity contribution is 5.76. The highest BCUT2D eigenvalue weighted by Crippen LogP contribution is 2.11. The van der Waals surface area contributed by atoms with Crippen LogP contribution in [0.15, 0.2) is 30.3 Å². The van der Waals surface area contributed by atoms with Crippen LogP contribution < -0.4 is 15.4 Å². The molecule has 0 aromatic heterocycles. The summed E-state index contributed by atoms with van der Waals surface area (Å²) in [5.41, 5.74) is 0. The SMILES string of the molecule is CC1CCCC(CNC(=O)CCOc2ccccc2)N1. The summed E-state index contributed by atoms with van der Waals surface area (Å²) in [5.74, 6) is 0.865. The van der Waals surface area contributed by atoms with E-state index in [1.165, 1.54) is 12.8 Å². The van der Waals surface area contributed by atoms with Gasteiger partial charge in [0.25, 0.3) is 0 Å². The molecular weight excluding hydrogens is 252 g/mol. The maximum Gasteiger partial charge on any atom is 0.223 e. The molecule has 1 heterocycles. The summed E-state index contributed by atoms with van der Waals surface area (Å²) in [6, 6.07) is 10.6. The lowest BCUT2D eigenvalue weighted by molar-refractivity contribution is -0.121. The lowest BCUT2D eigenvalue weighted by Crippen LogP contribution is -2.47. The Morgan fingerprint density at radius 2 is 2.15 bits per heavy atom. The summed E-state index contributed by atoms with van der Waals surface area (Å²) in [6.07, 6.45) is 4.02. The van der Waals surface area contributed by atoms with Crippen LogP contribution in [0.5, 0.6) is 5.75 Å². The number of piperidine rings is 1. The molecule has 0 bridgehead atoms. The number of hydrogen-bond acceptors (Lipinski definition) is 3. The number of carbonyl (C=O) groups excluding carboxylic acids is 1. The van der Waals surface area contributed by atoms with E-state index in [-0.39, 0.29) is 5.91 Å². The number of nitrogens with one attached hydrogen (secondary N) is 2. The van der Waals surface area contributed by atoms with E-state index in [4.69, 9.17) is 4.74 Å². The van der Waals surface area contributed by atoms with Gasteiger partial charge in [-0.2, -0.15) is 0 Å². The topological polar surface area (TPSA) is 50.4 Å². The van der Waals surface area contributed by atoms with Crippen LogP contribution in [-0.4, -0.2) is 31.1 Å². The molecule has 1 aliphatic heterocycles. The van der Waals surface area contributed by atoms with Crippen LogP contribution in [0, 0.1) is 0 Å². The van der Waals surface area contributed by atoms with Gasteiger partial charge in [0.2, 0.25) is 5.91 Å². The molecule has 1 aromatic carbocycles. The molecule has 1 saturated heterocycles. The molecule has 2 N–H and O–H groups in total. The lowest BCUT2D eigenvalue weighted by Gasteiger charge is -2.28. The number of para-hydroxylation sites is 1. The van der Waals surface area contributed by atoms with Crippen LogP contribution in [0.1, 0.15) is 32.6 Å². The van der Waals surface area contributed by atoms with Crippen molar-refractivity contribution >= 4 is 5.91 Å². The number of carbonyl (C=O) groups is 1. The first kappa shape index (κ1) is 14.9. The highest BCUT2D eigenvalue weighted by atomic mass is 16.5. The minimum absolute atomic E-state index is 0.0564. The summed E-state index contributed by atoms with van der Waals surface area (Å²) in [4.78, 5) is 11.7. The molecule has 1 aromatic rings. The summed E-state index contributed by atoms with van der Waals surface area (Å²) in [5, 5.41) is 6.49. The van der Waals surface area contributed by atoms with Gasteiger partial charge in [0.05, 0.1) is 13.0 Å². The van der Waals surface area contributed by atoms with Crippen LogP contribution in [0.25, 0.3) is 0 Å². The molecule has 1 fully saturated rings. The normalized spacial score (nSPS) is 22.2. The predicted molar refractivity (Wildman–Crippen MR) is 79.8 cm³/mol. The van der Waals surface area contributed by atoms with Gasteiger partial charge in [0.15, 0.2) is 0 Å². The van der Waals surface area contributed by atoms with Gasteiger partial charge in [0.1, 0.15) is 5.75 Å². The molecule has 0 aliphatic carbocycles. The van der Waals surface area contributed by atoms with Crippen molar-refractivity contribution in [3.8, 4) is 5.75 Å². The van der Waals surface area contributed by atoms with E-state index >= 15 is 0 Å². The van der Waals surface area contributed by atoms with Gasteiger partial charge in [-0.25, -0.2) is 0 Å². The van der Waals surface area contributed by atoms with Crippen LogP contribution in [0.2, 0.25) is 0 Å². The van der Waals surface area contributed by atoms with Gasteiger partial charge < -0.3 is 15.4 Å². The van der Waals surface area contributed by atoms with E-state index in [2.05, 4.69) is 17.6 Å². The number of ether oxygens (including phenoxy) is 1. The molecule has 0 spiro atoms. The number of hydrogen-bond donors (Lipinski definition) is 2. The molecule has 4 nitrogen and oxygen atoms in total. The Kier molecular flexibility index (Phi) is 5.87. The van der Waals surface area contributed by atoms with Crippen molar-refractivity contribution in [2.75, 3.05) is 13.2 Å². The Morgan fingerprint density at radius 1 is 1.35 bits per heavy atom. The quantitative estimate of drug-likeness (QED) is 0.836. The highest BCUT2D eigenvalue weighted by Gasteiger charge is 2.17.